The molecule has 4 aromatic rings. The Labute approximate surface area is 186 Å². The summed E-state index contributed by atoms with van der Waals surface area (Å²) in [6, 6.07) is 2.07. The fraction of sp³-hybridized carbons (Fsp3) is 0.200. The van der Waals surface area contributed by atoms with Crippen LogP contribution in [0.1, 0.15) is 11.1 Å². The lowest BCUT2D eigenvalue weighted by molar-refractivity contribution is -0.140. The molecule has 1 aromatic carbocycles. The van der Waals surface area contributed by atoms with Crippen molar-refractivity contribution in [2.45, 2.75) is 12.6 Å². The van der Waals surface area contributed by atoms with Crippen LogP contribution in [-0.2, 0) is 31.5 Å². The van der Waals surface area contributed by atoms with E-state index in [9.17, 15) is 31.9 Å². The van der Waals surface area contributed by atoms with Crippen LogP contribution in [0.15, 0.2) is 44.7 Å². The molecule has 3 heterocycles. The third-order valence-corrected chi connectivity index (χ3v) is 5.01. The molecule has 10 nitrogen and oxygen atoms in total. The lowest BCUT2D eigenvalue weighted by atomic mass is 10.1. The molecule has 176 valence electrons. The second-order valence-electron chi connectivity index (χ2n) is 7.24. The van der Waals surface area contributed by atoms with Crippen LogP contribution in [0.2, 0.25) is 0 Å². The zero-order valence-electron chi connectivity index (χ0n) is 17.5. The van der Waals surface area contributed by atoms with Crippen molar-refractivity contribution in [3.05, 3.63) is 68.4 Å². The standard InChI is InChI=1S/C20H14F4N6O4/c1-29-13-8-25-7-10(15(13)17(32)30(2)19(29)33)6-14(31)26-18-27-16(34-28-18)9-3-4-11(12(21)5-9)20(22,23)24/h3-5,7-8H,6H2,1-2H3,(H,26,28,31). The average Bonchev–Trinajstić information content (AvgIpc) is 3.23. The Hall–Kier alpha value is -4.36. The van der Waals surface area contributed by atoms with Gasteiger partial charge in [-0.1, -0.05) is 0 Å². The molecule has 4 rings (SSSR count). The summed E-state index contributed by atoms with van der Waals surface area (Å²) in [7, 11) is 2.76. The highest BCUT2D eigenvalue weighted by Crippen LogP contribution is 2.33. The van der Waals surface area contributed by atoms with Gasteiger partial charge in [0, 0.05) is 25.9 Å². The molecule has 0 aliphatic carbocycles. The van der Waals surface area contributed by atoms with Gasteiger partial charge in [-0.25, -0.2) is 9.18 Å². The number of carbonyl (C=O) groups is 1. The van der Waals surface area contributed by atoms with Crippen LogP contribution in [-0.4, -0.2) is 30.2 Å². The molecule has 0 atom stereocenters. The van der Waals surface area contributed by atoms with E-state index in [2.05, 4.69) is 20.4 Å². The van der Waals surface area contributed by atoms with Crippen molar-refractivity contribution < 1.29 is 26.9 Å². The number of nitrogens with zero attached hydrogens (tertiary/aromatic N) is 5. The molecule has 1 N–H and O–H groups in total. The number of hydrogen-bond donors (Lipinski definition) is 1. The quantitative estimate of drug-likeness (QED) is 0.445. The molecule has 0 saturated heterocycles. The van der Waals surface area contributed by atoms with E-state index in [1.165, 1.54) is 31.1 Å². The van der Waals surface area contributed by atoms with E-state index in [1.807, 2.05) is 0 Å². The second kappa shape index (κ2) is 8.20. The Morgan fingerprint density at radius 2 is 1.88 bits per heavy atom. The Morgan fingerprint density at radius 1 is 1.15 bits per heavy atom. The van der Waals surface area contributed by atoms with Crippen LogP contribution in [0.5, 0.6) is 0 Å². The van der Waals surface area contributed by atoms with Crippen molar-refractivity contribution in [3.63, 3.8) is 0 Å². The molecule has 1 amide bonds. The first-order valence-electron chi connectivity index (χ1n) is 9.50. The summed E-state index contributed by atoms with van der Waals surface area (Å²) in [4.78, 5) is 45.0. The van der Waals surface area contributed by atoms with Crippen LogP contribution in [0, 0.1) is 5.82 Å². The summed E-state index contributed by atoms with van der Waals surface area (Å²) in [6.45, 7) is 0. The highest BCUT2D eigenvalue weighted by Gasteiger charge is 2.34. The Balaban J connectivity index is 1.57. The van der Waals surface area contributed by atoms with E-state index < -0.39 is 34.7 Å². The van der Waals surface area contributed by atoms with Crippen molar-refractivity contribution >= 4 is 22.8 Å². The van der Waals surface area contributed by atoms with E-state index in [4.69, 9.17) is 4.52 Å². The molecular formula is C20H14F4N6O4. The first kappa shape index (κ1) is 22.8. The first-order valence-corrected chi connectivity index (χ1v) is 9.50. The van der Waals surface area contributed by atoms with Crippen molar-refractivity contribution in [2.24, 2.45) is 14.1 Å². The third kappa shape index (κ3) is 4.04. The van der Waals surface area contributed by atoms with Crippen molar-refractivity contribution in [3.8, 4) is 11.5 Å². The van der Waals surface area contributed by atoms with Gasteiger partial charge in [0.15, 0.2) is 0 Å². The summed E-state index contributed by atoms with van der Waals surface area (Å²) in [6.07, 6.45) is -2.56. The lowest BCUT2D eigenvalue weighted by Gasteiger charge is -2.10. The molecule has 14 heteroatoms. The highest BCUT2D eigenvalue weighted by atomic mass is 19.4. The van der Waals surface area contributed by atoms with Gasteiger partial charge in [-0.15, -0.1) is 0 Å². The predicted molar refractivity (Wildman–Crippen MR) is 109 cm³/mol. The number of fused-ring (bicyclic) bond motifs is 1. The number of benzene rings is 1. The maximum atomic E-state index is 13.8. The molecule has 0 spiro atoms. The number of nitrogens with one attached hydrogen (secondary N) is 1. The average molecular weight is 478 g/mol. The van der Waals surface area contributed by atoms with Crippen LogP contribution >= 0.6 is 0 Å². The van der Waals surface area contributed by atoms with Gasteiger partial charge >= 0.3 is 11.9 Å². The number of aromatic nitrogens is 5. The van der Waals surface area contributed by atoms with Gasteiger partial charge in [-0.3, -0.25) is 29.0 Å². The van der Waals surface area contributed by atoms with Crippen LogP contribution in [0.25, 0.3) is 22.4 Å². The fourth-order valence-corrected chi connectivity index (χ4v) is 3.32. The van der Waals surface area contributed by atoms with Gasteiger partial charge in [-0.2, -0.15) is 18.2 Å². The van der Waals surface area contributed by atoms with Gasteiger partial charge in [0.2, 0.25) is 5.91 Å². The topological polar surface area (TPSA) is 125 Å². The minimum Gasteiger partial charge on any atom is -0.332 e. The molecule has 0 aliphatic rings. The molecule has 3 aromatic heterocycles. The number of carbonyl (C=O) groups excluding carboxylic acids is 1. The number of aryl methyl sites for hydroxylation is 1. The number of alkyl halides is 3. The van der Waals surface area contributed by atoms with E-state index in [-0.39, 0.29) is 40.3 Å². The smallest absolute Gasteiger partial charge is 0.332 e. The van der Waals surface area contributed by atoms with Gasteiger partial charge in [0.05, 0.1) is 29.1 Å². The zero-order chi connectivity index (χ0) is 24.8. The van der Waals surface area contributed by atoms with Crippen molar-refractivity contribution in [2.75, 3.05) is 5.32 Å². The van der Waals surface area contributed by atoms with E-state index in [1.54, 1.807) is 0 Å². The molecule has 34 heavy (non-hydrogen) atoms. The molecule has 0 bridgehead atoms. The number of amides is 1. The molecule has 0 unspecified atom stereocenters. The van der Waals surface area contributed by atoms with Crippen LogP contribution < -0.4 is 16.6 Å². The highest BCUT2D eigenvalue weighted by molar-refractivity contribution is 5.94. The Kier molecular flexibility index (Phi) is 5.51. The fourth-order valence-electron chi connectivity index (χ4n) is 3.32. The molecule has 0 saturated carbocycles. The zero-order valence-corrected chi connectivity index (χ0v) is 17.5. The van der Waals surface area contributed by atoms with Gasteiger partial charge < -0.3 is 4.52 Å². The minimum absolute atomic E-state index is 0.124. The summed E-state index contributed by atoms with van der Waals surface area (Å²) in [5, 5.41) is 5.96. The first-order chi connectivity index (χ1) is 16.0. The SMILES string of the molecule is Cn1c(=O)c2c(CC(=O)Nc3noc(-c4ccc(C(F)(F)F)c(F)c4)n3)cncc2n(C)c1=O. The summed E-state index contributed by atoms with van der Waals surface area (Å²) >= 11 is 0. The monoisotopic (exact) mass is 478 g/mol. The number of rotatable bonds is 4. The number of hydrogen-bond acceptors (Lipinski definition) is 7. The summed E-state index contributed by atoms with van der Waals surface area (Å²) < 4.78 is 59.0. The van der Waals surface area contributed by atoms with Crippen LogP contribution in [0.3, 0.4) is 0 Å². The van der Waals surface area contributed by atoms with E-state index in [0.717, 1.165) is 10.6 Å². The Morgan fingerprint density at radius 3 is 2.56 bits per heavy atom. The number of pyridine rings is 1. The van der Waals surface area contributed by atoms with Crippen molar-refractivity contribution in [1.82, 2.24) is 24.3 Å². The van der Waals surface area contributed by atoms with Gasteiger partial charge in [0.25, 0.3) is 17.4 Å². The Bertz CT molecular complexity index is 1550. The normalized spacial score (nSPS) is 11.7. The maximum Gasteiger partial charge on any atom is 0.419 e. The van der Waals surface area contributed by atoms with Gasteiger partial charge in [0.1, 0.15) is 5.82 Å². The van der Waals surface area contributed by atoms with Crippen LogP contribution in [0.4, 0.5) is 23.5 Å². The molecule has 0 fully saturated rings. The molecule has 0 radical (unpaired) electrons. The summed E-state index contributed by atoms with van der Waals surface area (Å²) in [5.74, 6) is -2.84. The second-order valence-corrected chi connectivity index (χ2v) is 7.24. The predicted octanol–water partition coefficient (Wildman–Crippen LogP) is 2.02. The number of anilines is 1. The maximum absolute atomic E-state index is 13.8. The minimum atomic E-state index is -4.86. The summed E-state index contributed by atoms with van der Waals surface area (Å²) in [5.41, 5.74) is -2.25. The van der Waals surface area contributed by atoms with E-state index in [0.29, 0.717) is 12.1 Å². The number of halogens is 4. The third-order valence-electron chi connectivity index (χ3n) is 5.01. The lowest BCUT2D eigenvalue weighted by Crippen LogP contribution is -2.37. The van der Waals surface area contributed by atoms with Gasteiger partial charge in [-0.05, 0) is 28.9 Å². The van der Waals surface area contributed by atoms with Crippen molar-refractivity contribution in [1.29, 1.82) is 0 Å². The van der Waals surface area contributed by atoms with E-state index >= 15 is 0 Å². The molecular weight excluding hydrogens is 464 g/mol. The largest absolute Gasteiger partial charge is 0.419 e. The molecule has 0 aliphatic heterocycles.